The van der Waals surface area contributed by atoms with E-state index in [1.807, 2.05) is 37.3 Å². The normalized spacial score (nSPS) is 12.5. The third kappa shape index (κ3) is 5.04. The van der Waals surface area contributed by atoms with Gasteiger partial charge in [0, 0.05) is 24.7 Å². The first-order valence-corrected chi connectivity index (χ1v) is 10.7. The highest BCUT2D eigenvalue weighted by Crippen LogP contribution is 2.18. The van der Waals surface area contributed by atoms with Crippen molar-refractivity contribution in [2.24, 2.45) is 0 Å². The maximum absolute atomic E-state index is 12.2. The zero-order chi connectivity index (χ0) is 20.1. The van der Waals surface area contributed by atoms with Gasteiger partial charge in [-0.3, -0.25) is 4.79 Å². The molecule has 0 fully saturated rings. The Morgan fingerprint density at radius 2 is 1.75 bits per heavy atom. The van der Waals surface area contributed by atoms with E-state index in [9.17, 15) is 13.2 Å². The van der Waals surface area contributed by atoms with Crippen LogP contribution >= 0.6 is 0 Å². The SMILES string of the molecule is C[C@@H](NC(=O)CCc1nnc(-c2ccccc2)o1)c1ccc(S(C)(=O)=O)cc1. The number of rotatable bonds is 7. The molecule has 146 valence electrons. The molecule has 1 amide bonds. The van der Waals surface area contributed by atoms with Crippen LogP contribution in [0.25, 0.3) is 11.5 Å². The van der Waals surface area contributed by atoms with Crippen LogP contribution in [0.1, 0.15) is 30.8 Å². The van der Waals surface area contributed by atoms with Crippen molar-refractivity contribution in [3.63, 3.8) is 0 Å². The molecular formula is C20H21N3O4S. The fourth-order valence-corrected chi connectivity index (χ4v) is 3.30. The average molecular weight is 399 g/mol. The van der Waals surface area contributed by atoms with Crippen LogP contribution in [0.3, 0.4) is 0 Å². The molecule has 0 bridgehead atoms. The molecule has 1 heterocycles. The molecule has 0 spiro atoms. The van der Waals surface area contributed by atoms with Crippen LogP contribution in [-0.4, -0.2) is 30.8 Å². The molecule has 3 rings (SSSR count). The van der Waals surface area contributed by atoms with E-state index in [1.54, 1.807) is 12.1 Å². The highest BCUT2D eigenvalue weighted by molar-refractivity contribution is 7.90. The quantitative estimate of drug-likeness (QED) is 0.655. The molecule has 0 aliphatic rings. The van der Waals surface area contributed by atoms with E-state index < -0.39 is 9.84 Å². The summed E-state index contributed by atoms with van der Waals surface area (Å²) in [6.07, 6.45) is 1.71. The molecule has 0 aliphatic heterocycles. The van der Waals surface area contributed by atoms with Crippen molar-refractivity contribution in [2.45, 2.75) is 30.7 Å². The summed E-state index contributed by atoms with van der Waals surface area (Å²) in [5, 5.41) is 10.9. The molecule has 7 nitrogen and oxygen atoms in total. The van der Waals surface area contributed by atoms with Crippen LogP contribution in [0, 0.1) is 0 Å². The van der Waals surface area contributed by atoms with Crippen molar-refractivity contribution in [1.82, 2.24) is 15.5 Å². The zero-order valence-electron chi connectivity index (χ0n) is 15.6. The van der Waals surface area contributed by atoms with Gasteiger partial charge in [-0.1, -0.05) is 30.3 Å². The maximum Gasteiger partial charge on any atom is 0.247 e. The number of hydrogen-bond acceptors (Lipinski definition) is 6. The Bertz CT molecular complexity index is 1040. The Kier molecular flexibility index (Phi) is 5.89. The van der Waals surface area contributed by atoms with Gasteiger partial charge in [-0.25, -0.2) is 8.42 Å². The Morgan fingerprint density at radius 3 is 2.39 bits per heavy atom. The van der Waals surface area contributed by atoms with Gasteiger partial charge < -0.3 is 9.73 Å². The third-order valence-electron chi connectivity index (χ3n) is 4.24. The number of aryl methyl sites for hydroxylation is 1. The van der Waals surface area contributed by atoms with Crippen LogP contribution < -0.4 is 5.32 Å². The number of carbonyl (C=O) groups is 1. The molecule has 1 aromatic heterocycles. The van der Waals surface area contributed by atoms with Crippen LogP contribution in [0.15, 0.2) is 63.9 Å². The van der Waals surface area contributed by atoms with Gasteiger partial charge >= 0.3 is 0 Å². The molecule has 3 aromatic rings. The van der Waals surface area contributed by atoms with Crippen molar-refractivity contribution in [1.29, 1.82) is 0 Å². The summed E-state index contributed by atoms with van der Waals surface area (Å²) in [5.74, 6) is 0.675. The van der Waals surface area contributed by atoms with Gasteiger partial charge in [-0.15, -0.1) is 10.2 Å². The van der Waals surface area contributed by atoms with E-state index in [0.717, 1.165) is 17.4 Å². The van der Waals surface area contributed by atoms with E-state index in [4.69, 9.17) is 4.42 Å². The van der Waals surface area contributed by atoms with Gasteiger partial charge in [0.1, 0.15) is 0 Å². The molecule has 0 saturated heterocycles. The van der Waals surface area contributed by atoms with Crippen molar-refractivity contribution in [3.05, 3.63) is 66.1 Å². The minimum absolute atomic E-state index is 0.154. The molecular weight excluding hydrogens is 378 g/mol. The lowest BCUT2D eigenvalue weighted by Gasteiger charge is -2.14. The first kappa shape index (κ1) is 19.8. The number of amides is 1. The lowest BCUT2D eigenvalue weighted by atomic mass is 10.1. The summed E-state index contributed by atoms with van der Waals surface area (Å²) >= 11 is 0. The predicted octanol–water partition coefficient (Wildman–Crippen LogP) is 2.95. The van der Waals surface area contributed by atoms with Crippen LogP contribution in [0.5, 0.6) is 0 Å². The number of benzene rings is 2. The average Bonchev–Trinajstić information content (AvgIpc) is 3.15. The second-order valence-electron chi connectivity index (χ2n) is 6.50. The second kappa shape index (κ2) is 8.35. The predicted molar refractivity (Wildman–Crippen MR) is 104 cm³/mol. The number of hydrogen-bond donors (Lipinski definition) is 1. The fraction of sp³-hybridized carbons (Fsp3) is 0.250. The molecule has 1 N–H and O–H groups in total. The van der Waals surface area contributed by atoms with Gasteiger partial charge in [0.25, 0.3) is 0 Å². The summed E-state index contributed by atoms with van der Waals surface area (Å²) in [5.41, 5.74) is 1.65. The molecule has 0 aliphatic carbocycles. The van der Waals surface area contributed by atoms with Crippen molar-refractivity contribution in [3.8, 4) is 11.5 Å². The van der Waals surface area contributed by atoms with E-state index in [1.165, 1.54) is 12.1 Å². The molecule has 0 unspecified atom stereocenters. The van der Waals surface area contributed by atoms with Crippen molar-refractivity contribution in [2.75, 3.05) is 6.26 Å². The van der Waals surface area contributed by atoms with Gasteiger partial charge in [0.15, 0.2) is 9.84 Å². The topological polar surface area (TPSA) is 102 Å². The Balaban J connectivity index is 1.54. The molecule has 2 aromatic carbocycles. The number of nitrogens with zero attached hydrogens (tertiary/aromatic N) is 2. The summed E-state index contributed by atoms with van der Waals surface area (Å²) in [7, 11) is -3.24. The third-order valence-corrected chi connectivity index (χ3v) is 5.37. The number of carbonyl (C=O) groups excluding carboxylic acids is 1. The number of sulfone groups is 1. The molecule has 0 radical (unpaired) electrons. The molecule has 8 heteroatoms. The summed E-state index contributed by atoms with van der Waals surface area (Å²) < 4.78 is 28.6. The Labute approximate surface area is 163 Å². The largest absolute Gasteiger partial charge is 0.421 e. The minimum Gasteiger partial charge on any atom is -0.421 e. The lowest BCUT2D eigenvalue weighted by Crippen LogP contribution is -2.26. The number of nitrogens with one attached hydrogen (secondary N) is 1. The van der Waals surface area contributed by atoms with E-state index >= 15 is 0 Å². The van der Waals surface area contributed by atoms with Crippen LogP contribution in [0.4, 0.5) is 0 Å². The first-order valence-electron chi connectivity index (χ1n) is 8.80. The highest BCUT2D eigenvalue weighted by Gasteiger charge is 2.14. The monoisotopic (exact) mass is 399 g/mol. The fourth-order valence-electron chi connectivity index (χ4n) is 2.67. The smallest absolute Gasteiger partial charge is 0.247 e. The Morgan fingerprint density at radius 1 is 1.07 bits per heavy atom. The summed E-state index contributed by atoms with van der Waals surface area (Å²) in [6.45, 7) is 1.84. The van der Waals surface area contributed by atoms with Crippen molar-refractivity contribution >= 4 is 15.7 Å². The van der Waals surface area contributed by atoms with Crippen molar-refractivity contribution < 1.29 is 17.6 Å². The zero-order valence-corrected chi connectivity index (χ0v) is 16.4. The van der Waals surface area contributed by atoms with Gasteiger partial charge in [-0.05, 0) is 36.8 Å². The standard InChI is InChI=1S/C20H21N3O4S/c1-14(15-8-10-17(11-9-15)28(2,25)26)21-18(24)12-13-19-22-23-20(27-19)16-6-4-3-5-7-16/h3-11,14H,12-13H2,1-2H3,(H,21,24)/t14-/m1/s1. The maximum atomic E-state index is 12.2. The molecule has 0 saturated carbocycles. The minimum atomic E-state index is -3.24. The van der Waals surface area contributed by atoms with Crippen LogP contribution in [0.2, 0.25) is 0 Å². The van der Waals surface area contributed by atoms with Crippen LogP contribution in [-0.2, 0) is 21.1 Å². The molecule has 28 heavy (non-hydrogen) atoms. The van der Waals surface area contributed by atoms with E-state index in [-0.39, 0.29) is 23.3 Å². The number of aromatic nitrogens is 2. The molecule has 1 atom stereocenters. The van der Waals surface area contributed by atoms with Gasteiger partial charge in [0.2, 0.25) is 17.7 Å². The summed E-state index contributed by atoms with van der Waals surface area (Å²) in [6, 6.07) is 15.7. The summed E-state index contributed by atoms with van der Waals surface area (Å²) in [4.78, 5) is 12.5. The van der Waals surface area contributed by atoms with E-state index in [2.05, 4.69) is 15.5 Å². The van der Waals surface area contributed by atoms with Gasteiger partial charge in [0.05, 0.1) is 10.9 Å². The van der Waals surface area contributed by atoms with Gasteiger partial charge in [-0.2, -0.15) is 0 Å². The Hall–Kier alpha value is -3.00. The highest BCUT2D eigenvalue weighted by atomic mass is 32.2. The lowest BCUT2D eigenvalue weighted by molar-refractivity contribution is -0.121. The van der Waals surface area contributed by atoms with E-state index in [0.29, 0.717) is 18.2 Å². The first-order chi connectivity index (χ1) is 13.3. The second-order valence-corrected chi connectivity index (χ2v) is 8.51.